The van der Waals surface area contributed by atoms with Crippen LogP contribution in [0.4, 0.5) is 0 Å². The molecule has 6 heteroatoms. The monoisotopic (exact) mass is 396 g/mol. The Kier molecular flexibility index (Phi) is 11.9. The molecule has 0 aromatic carbocycles. The van der Waals surface area contributed by atoms with E-state index in [1.54, 1.807) is 0 Å². The summed E-state index contributed by atoms with van der Waals surface area (Å²) in [6, 6.07) is 0.410. The first-order valence-corrected chi connectivity index (χ1v) is 7.57. The largest absolute Gasteiger partial charge is 0.357 e. The van der Waals surface area contributed by atoms with E-state index in [1.807, 2.05) is 6.92 Å². The maximum atomic E-state index is 11.5. The van der Waals surface area contributed by atoms with Crippen molar-refractivity contribution in [2.75, 3.05) is 19.6 Å². The van der Waals surface area contributed by atoms with Crippen molar-refractivity contribution in [2.24, 2.45) is 4.99 Å². The number of carbonyl (C=O) groups is 1. The summed E-state index contributed by atoms with van der Waals surface area (Å²) in [6.07, 6.45) is 7.14. The number of hydrogen-bond donors (Lipinski definition) is 3. The number of hydrogen-bond acceptors (Lipinski definition) is 2. The Balaban J connectivity index is 0.00000361. The summed E-state index contributed by atoms with van der Waals surface area (Å²) in [4.78, 5) is 15.8. The molecule has 1 amide bonds. The van der Waals surface area contributed by atoms with E-state index in [1.165, 1.54) is 19.3 Å². The molecule has 0 spiro atoms. The van der Waals surface area contributed by atoms with Gasteiger partial charge >= 0.3 is 0 Å². The van der Waals surface area contributed by atoms with Gasteiger partial charge in [-0.05, 0) is 26.2 Å². The van der Waals surface area contributed by atoms with E-state index in [2.05, 4.69) is 27.9 Å². The Labute approximate surface area is 139 Å². The number of guanidine groups is 1. The molecule has 0 radical (unpaired) electrons. The lowest BCUT2D eigenvalue weighted by Gasteiger charge is -2.11. The van der Waals surface area contributed by atoms with Gasteiger partial charge in [-0.1, -0.05) is 26.2 Å². The fourth-order valence-corrected chi connectivity index (χ4v) is 1.75. The fraction of sp³-hybridized carbons (Fsp3) is 0.857. The highest BCUT2D eigenvalue weighted by molar-refractivity contribution is 14.0. The average Bonchev–Trinajstić information content (AvgIpc) is 3.19. The summed E-state index contributed by atoms with van der Waals surface area (Å²) in [6.45, 7) is 6.16. The summed E-state index contributed by atoms with van der Waals surface area (Å²) in [5.41, 5.74) is 0. The van der Waals surface area contributed by atoms with Crippen molar-refractivity contribution in [1.82, 2.24) is 16.0 Å². The van der Waals surface area contributed by atoms with Crippen LogP contribution in [0.25, 0.3) is 0 Å². The first kappa shape index (κ1) is 19.5. The maximum absolute atomic E-state index is 11.5. The highest BCUT2D eigenvalue weighted by atomic mass is 127. The maximum Gasteiger partial charge on any atom is 0.242 e. The molecule has 1 aliphatic rings. The van der Waals surface area contributed by atoms with Crippen LogP contribution in [-0.2, 0) is 4.79 Å². The zero-order valence-corrected chi connectivity index (χ0v) is 15.0. The van der Waals surface area contributed by atoms with E-state index in [-0.39, 0.29) is 36.4 Å². The lowest BCUT2D eigenvalue weighted by Crippen LogP contribution is -2.39. The normalized spacial score (nSPS) is 14.4. The summed E-state index contributed by atoms with van der Waals surface area (Å²) < 4.78 is 0. The summed E-state index contributed by atoms with van der Waals surface area (Å²) >= 11 is 0. The summed E-state index contributed by atoms with van der Waals surface area (Å²) in [7, 11) is 0. The zero-order valence-electron chi connectivity index (χ0n) is 12.7. The molecule has 0 unspecified atom stereocenters. The van der Waals surface area contributed by atoms with Gasteiger partial charge in [-0.2, -0.15) is 0 Å². The third-order valence-corrected chi connectivity index (χ3v) is 2.99. The van der Waals surface area contributed by atoms with Crippen molar-refractivity contribution in [2.45, 2.75) is 58.4 Å². The van der Waals surface area contributed by atoms with Crippen LogP contribution < -0.4 is 16.0 Å². The van der Waals surface area contributed by atoms with Crippen molar-refractivity contribution >= 4 is 35.8 Å². The topological polar surface area (TPSA) is 65.5 Å². The minimum Gasteiger partial charge on any atom is -0.357 e. The molecule has 0 aromatic heterocycles. The number of amides is 1. The van der Waals surface area contributed by atoms with E-state index in [9.17, 15) is 4.79 Å². The third kappa shape index (κ3) is 10.3. The molecule has 20 heavy (non-hydrogen) atoms. The molecule has 0 bridgehead atoms. The smallest absolute Gasteiger partial charge is 0.242 e. The Morgan fingerprint density at radius 1 is 1.15 bits per heavy atom. The van der Waals surface area contributed by atoms with Crippen molar-refractivity contribution in [3.8, 4) is 0 Å². The van der Waals surface area contributed by atoms with E-state index in [0.717, 1.165) is 38.3 Å². The van der Waals surface area contributed by atoms with Gasteiger partial charge in [0.2, 0.25) is 5.91 Å². The van der Waals surface area contributed by atoms with Gasteiger partial charge in [0.25, 0.3) is 0 Å². The molecule has 0 atom stereocenters. The van der Waals surface area contributed by atoms with Crippen LogP contribution in [-0.4, -0.2) is 37.5 Å². The Hall–Kier alpha value is -0.530. The van der Waals surface area contributed by atoms with E-state index in [0.29, 0.717) is 6.04 Å². The molecule has 0 heterocycles. The van der Waals surface area contributed by atoms with Crippen LogP contribution in [0, 0.1) is 0 Å². The van der Waals surface area contributed by atoms with Gasteiger partial charge in [-0.3, -0.25) is 4.79 Å². The van der Waals surface area contributed by atoms with Crippen molar-refractivity contribution in [3.05, 3.63) is 0 Å². The second-order valence-corrected chi connectivity index (χ2v) is 5.02. The zero-order chi connectivity index (χ0) is 13.9. The van der Waals surface area contributed by atoms with Gasteiger partial charge in [0.1, 0.15) is 6.54 Å². The van der Waals surface area contributed by atoms with Crippen LogP contribution in [0.3, 0.4) is 0 Å². The molecular formula is C14H29IN4O. The first-order valence-electron chi connectivity index (χ1n) is 7.57. The molecule has 1 aliphatic carbocycles. The van der Waals surface area contributed by atoms with Crippen LogP contribution in [0.15, 0.2) is 4.99 Å². The number of rotatable bonds is 9. The predicted molar refractivity (Wildman–Crippen MR) is 94.7 cm³/mol. The van der Waals surface area contributed by atoms with Crippen LogP contribution in [0.5, 0.6) is 0 Å². The molecule has 1 saturated carbocycles. The quantitative estimate of drug-likeness (QED) is 0.242. The molecule has 5 nitrogen and oxygen atoms in total. The van der Waals surface area contributed by atoms with Crippen LogP contribution >= 0.6 is 24.0 Å². The average molecular weight is 396 g/mol. The molecular weight excluding hydrogens is 367 g/mol. The standard InChI is InChI=1S/C14H28N4O.HI/c1-3-5-6-7-10-16-14(15-4-2)17-11-13(19)18-12-8-9-12;/h12H,3-11H2,1-2H3,(H,18,19)(H2,15,16,17);1H. The van der Waals surface area contributed by atoms with Gasteiger partial charge in [0, 0.05) is 19.1 Å². The highest BCUT2D eigenvalue weighted by Gasteiger charge is 2.22. The number of aliphatic imine (C=N–C) groups is 1. The predicted octanol–water partition coefficient (Wildman–Crippen LogP) is 2.02. The summed E-state index contributed by atoms with van der Waals surface area (Å²) in [5, 5.41) is 9.35. The minimum atomic E-state index is 0. The van der Waals surface area contributed by atoms with Crippen molar-refractivity contribution in [3.63, 3.8) is 0 Å². The van der Waals surface area contributed by atoms with Gasteiger partial charge in [-0.25, -0.2) is 4.99 Å². The molecule has 0 aliphatic heterocycles. The molecule has 1 rings (SSSR count). The van der Waals surface area contributed by atoms with Crippen molar-refractivity contribution in [1.29, 1.82) is 0 Å². The number of nitrogens with one attached hydrogen (secondary N) is 3. The first-order chi connectivity index (χ1) is 9.26. The van der Waals surface area contributed by atoms with Gasteiger partial charge < -0.3 is 16.0 Å². The lowest BCUT2D eigenvalue weighted by atomic mass is 10.2. The van der Waals surface area contributed by atoms with Crippen molar-refractivity contribution < 1.29 is 4.79 Å². The second-order valence-electron chi connectivity index (χ2n) is 5.02. The number of halogens is 1. The van der Waals surface area contributed by atoms with Crippen LogP contribution in [0.2, 0.25) is 0 Å². The highest BCUT2D eigenvalue weighted by Crippen LogP contribution is 2.18. The Morgan fingerprint density at radius 2 is 1.90 bits per heavy atom. The summed E-state index contributed by atoms with van der Waals surface area (Å²) in [5.74, 6) is 0.760. The van der Waals surface area contributed by atoms with Crippen LogP contribution in [0.1, 0.15) is 52.4 Å². The molecule has 118 valence electrons. The lowest BCUT2D eigenvalue weighted by molar-refractivity contribution is -0.119. The minimum absolute atomic E-state index is 0. The van der Waals surface area contributed by atoms with E-state index in [4.69, 9.17) is 0 Å². The Morgan fingerprint density at radius 3 is 2.50 bits per heavy atom. The molecule has 0 saturated heterocycles. The molecule has 3 N–H and O–H groups in total. The Bertz CT molecular complexity index is 293. The van der Waals surface area contributed by atoms with Gasteiger partial charge in [0.05, 0.1) is 0 Å². The van der Waals surface area contributed by atoms with Gasteiger partial charge in [-0.15, -0.1) is 24.0 Å². The number of carbonyl (C=O) groups excluding carboxylic acids is 1. The third-order valence-electron chi connectivity index (χ3n) is 2.99. The number of unbranched alkanes of at least 4 members (excludes halogenated alkanes) is 3. The van der Waals surface area contributed by atoms with E-state index < -0.39 is 0 Å². The SMILES string of the molecule is CCCCCCNC(=NCC(=O)NC1CC1)NCC.I. The fourth-order valence-electron chi connectivity index (χ4n) is 1.75. The van der Waals surface area contributed by atoms with E-state index >= 15 is 0 Å². The second kappa shape index (κ2) is 12.2. The molecule has 0 aromatic rings. The molecule has 1 fully saturated rings. The van der Waals surface area contributed by atoms with Gasteiger partial charge in [0.15, 0.2) is 5.96 Å². The number of nitrogens with zero attached hydrogens (tertiary/aromatic N) is 1.